The highest BCUT2D eigenvalue weighted by atomic mass is 31.2. The molecular weight excluding hydrogens is 329 g/mol. The van der Waals surface area contributed by atoms with Crippen LogP contribution in [-0.4, -0.2) is 41.4 Å². The number of rotatable bonds is 11. The third-order valence-corrected chi connectivity index (χ3v) is 5.75. The lowest BCUT2D eigenvalue weighted by Gasteiger charge is -2.44. The number of hydrogen-bond acceptors (Lipinski definition) is 5. The van der Waals surface area contributed by atoms with Crippen molar-refractivity contribution >= 4 is 7.82 Å². The van der Waals surface area contributed by atoms with Gasteiger partial charge in [0.25, 0.3) is 0 Å². The number of phosphoric acid groups is 1. The van der Waals surface area contributed by atoms with E-state index in [4.69, 9.17) is 9.05 Å². The van der Waals surface area contributed by atoms with Gasteiger partial charge in [0.05, 0.1) is 18.3 Å². The Bertz CT molecular complexity index is 425. The number of hydrogen-bond donors (Lipinski definition) is 3. The fraction of sp³-hybridized carbons (Fsp3) is 1.00. The molecule has 6 nitrogen and oxygen atoms in total. The zero-order valence-electron chi connectivity index (χ0n) is 16.8. The molecule has 0 radical (unpaired) electrons. The highest BCUT2D eigenvalue weighted by molar-refractivity contribution is 7.47. The van der Waals surface area contributed by atoms with Crippen molar-refractivity contribution in [3.63, 3.8) is 0 Å². The van der Waals surface area contributed by atoms with Crippen LogP contribution in [0.5, 0.6) is 0 Å². The molecule has 0 aliphatic heterocycles. The van der Waals surface area contributed by atoms with Crippen LogP contribution in [0.4, 0.5) is 0 Å². The molecule has 0 aromatic rings. The van der Waals surface area contributed by atoms with Crippen LogP contribution < -0.4 is 5.32 Å². The standard InChI is InChI=1S/C17H38NO5P/c1-10-14(19)16(5,6)11-17(7,8)15(18-9)13(4)23-24(20,21)22-12(2)3/h12-15,18-19H,10-11H2,1-9H3,(H,20,21). The van der Waals surface area contributed by atoms with Crippen LogP contribution in [0.1, 0.15) is 68.2 Å². The fourth-order valence-electron chi connectivity index (χ4n) is 3.78. The van der Waals surface area contributed by atoms with E-state index < -0.39 is 26.1 Å². The van der Waals surface area contributed by atoms with Gasteiger partial charge in [0.15, 0.2) is 0 Å². The smallest absolute Gasteiger partial charge is 0.393 e. The van der Waals surface area contributed by atoms with Crippen molar-refractivity contribution in [3.8, 4) is 0 Å². The Kier molecular flexibility index (Phi) is 9.12. The summed E-state index contributed by atoms with van der Waals surface area (Å²) in [4.78, 5) is 9.87. The van der Waals surface area contributed by atoms with E-state index >= 15 is 0 Å². The summed E-state index contributed by atoms with van der Waals surface area (Å²) in [7, 11) is -2.30. The molecule has 0 bridgehead atoms. The molecule has 0 aliphatic rings. The quantitative estimate of drug-likeness (QED) is 0.483. The van der Waals surface area contributed by atoms with E-state index in [0.717, 1.165) is 6.42 Å². The molecule has 0 amide bonds. The van der Waals surface area contributed by atoms with Crippen molar-refractivity contribution < 1.29 is 23.6 Å². The van der Waals surface area contributed by atoms with Crippen molar-refractivity contribution in [3.05, 3.63) is 0 Å². The van der Waals surface area contributed by atoms with Gasteiger partial charge in [-0.15, -0.1) is 0 Å². The molecule has 4 unspecified atom stereocenters. The molecule has 7 heteroatoms. The Morgan fingerprint density at radius 2 is 1.58 bits per heavy atom. The summed E-state index contributed by atoms with van der Waals surface area (Å²) in [5.74, 6) is 0. The lowest BCUT2D eigenvalue weighted by molar-refractivity contribution is -0.0130. The third-order valence-electron chi connectivity index (χ3n) is 4.47. The fourth-order valence-corrected chi connectivity index (χ4v) is 4.90. The van der Waals surface area contributed by atoms with Crippen LogP contribution in [0.15, 0.2) is 0 Å². The summed E-state index contributed by atoms with van der Waals surface area (Å²) >= 11 is 0. The molecule has 0 aromatic carbocycles. The van der Waals surface area contributed by atoms with Gasteiger partial charge in [0, 0.05) is 6.04 Å². The maximum absolute atomic E-state index is 12.1. The zero-order valence-corrected chi connectivity index (χ0v) is 17.7. The first-order chi connectivity index (χ1) is 10.7. The van der Waals surface area contributed by atoms with Crippen LogP contribution in [0, 0.1) is 10.8 Å². The second-order valence-electron chi connectivity index (χ2n) is 8.28. The normalized spacial score (nSPS) is 19.8. The highest BCUT2D eigenvalue weighted by Crippen LogP contribution is 2.48. The monoisotopic (exact) mass is 367 g/mol. The first-order valence-electron chi connectivity index (χ1n) is 8.73. The Morgan fingerprint density at radius 1 is 1.08 bits per heavy atom. The molecule has 24 heavy (non-hydrogen) atoms. The van der Waals surface area contributed by atoms with Gasteiger partial charge >= 0.3 is 7.82 Å². The topological polar surface area (TPSA) is 88.0 Å². The van der Waals surface area contributed by atoms with E-state index in [-0.39, 0.29) is 16.9 Å². The van der Waals surface area contributed by atoms with Crippen LogP contribution in [0.2, 0.25) is 0 Å². The Balaban J connectivity index is 5.18. The van der Waals surface area contributed by atoms with Gasteiger partial charge in [-0.1, -0.05) is 34.6 Å². The maximum Gasteiger partial charge on any atom is 0.472 e. The summed E-state index contributed by atoms with van der Waals surface area (Å²) in [6, 6.07) is -0.183. The molecule has 0 aromatic heterocycles. The van der Waals surface area contributed by atoms with E-state index in [9.17, 15) is 14.6 Å². The average Bonchev–Trinajstić information content (AvgIpc) is 2.33. The van der Waals surface area contributed by atoms with Crippen LogP contribution in [0.3, 0.4) is 0 Å². The van der Waals surface area contributed by atoms with E-state index in [2.05, 4.69) is 19.2 Å². The molecule has 4 atom stereocenters. The van der Waals surface area contributed by atoms with Crippen molar-refractivity contribution in [2.24, 2.45) is 10.8 Å². The molecular formula is C17H38NO5P. The minimum absolute atomic E-state index is 0.183. The van der Waals surface area contributed by atoms with Gasteiger partial charge in [0.2, 0.25) is 0 Å². The SMILES string of the molecule is CCC(O)C(C)(C)CC(C)(C)C(NC)C(C)OP(=O)(O)OC(C)C. The Hall–Kier alpha value is 0.0300. The third kappa shape index (κ3) is 7.51. The summed E-state index contributed by atoms with van der Waals surface area (Å²) < 4.78 is 22.4. The van der Waals surface area contributed by atoms with Crippen LogP contribution in [0.25, 0.3) is 0 Å². The van der Waals surface area contributed by atoms with Gasteiger partial charge < -0.3 is 15.3 Å². The average molecular weight is 367 g/mol. The van der Waals surface area contributed by atoms with E-state index in [1.807, 2.05) is 20.8 Å². The first-order valence-corrected chi connectivity index (χ1v) is 10.2. The molecule has 146 valence electrons. The number of phosphoric ester groups is 1. The van der Waals surface area contributed by atoms with Gasteiger partial charge in [-0.25, -0.2) is 4.57 Å². The van der Waals surface area contributed by atoms with E-state index in [1.165, 1.54) is 0 Å². The van der Waals surface area contributed by atoms with Crippen LogP contribution >= 0.6 is 7.82 Å². The van der Waals surface area contributed by atoms with Gasteiger partial charge in [-0.2, -0.15) is 0 Å². The van der Waals surface area contributed by atoms with Crippen molar-refractivity contribution in [2.45, 2.75) is 92.6 Å². The first kappa shape index (κ1) is 24.0. The highest BCUT2D eigenvalue weighted by Gasteiger charge is 2.42. The number of nitrogens with one attached hydrogen (secondary N) is 1. The molecule has 0 fully saturated rings. The summed E-state index contributed by atoms with van der Waals surface area (Å²) in [6.45, 7) is 15.3. The van der Waals surface area contributed by atoms with E-state index in [1.54, 1.807) is 27.8 Å². The minimum atomic E-state index is -4.11. The molecule has 3 N–H and O–H groups in total. The van der Waals surface area contributed by atoms with Crippen molar-refractivity contribution in [1.82, 2.24) is 5.32 Å². The summed E-state index contributed by atoms with van der Waals surface area (Å²) in [5, 5.41) is 13.5. The second-order valence-corrected chi connectivity index (χ2v) is 9.64. The molecule has 0 saturated heterocycles. The number of likely N-dealkylation sites (N-methyl/N-ethyl adjacent to an activating group) is 1. The molecule has 0 heterocycles. The van der Waals surface area contributed by atoms with Gasteiger partial charge in [-0.3, -0.25) is 9.05 Å². The van der Waals surface area contributed by atoms with E-state index in [0.29, 0.717) is 6.42 Å². The largest absolute Gasteiger partial charge is 0.472 e. The Labute approximate surface area is 147 Å². The number of aliphatic hydroxyl groups is 1. The van der Waals surface area contributed by atoms with Crippen molar-refractivity contribution in [2.75, 3.05) is 7.05 Å². The lowest BCUT2D eigenvalue weighted by Crippen LogP contribution is -2.50. The molecule has 0 spiro atoms. The van der Waals surface area contributed by atoms with Crippen LogP contribution in [-0.2, 0) is 13.6 Å². The number of aliphatic hydroxyl groups excluding tert-OH is 1. The zero-order chi connectivity index (χ0) is 19.3. The Morgan fingerprint density at radius 3 is 1.96 bits per heavy atom. The molecule has 0 saturated carbocycles. The summed E-state index contributed by atoms with van der Waals surface area (Å²) in [5.41, 5.74) is -0.546. The molecule has 0 aliphatic carbocycles. The molecule has 0 rings (SSSR count). The lowest BCUT2D eigenvalue weighted by atomic mass is 9.67. The van der Waals surface area contributed by atoms with Gasteiger partial charge in [-0.05, 0) is 51.5 Å². The predicted octanol–water partition coefficient (Wildman–Crippen LogP) is 3.72. The van der Waals surface area contributed by atoms with Gasteiger partial charge in [0.1, 0.15) is 0 Å². The second kappa shape index (κ2) is 9.11. The predicted molar refractivity (Wildman–Crippen MR) is 97.9 cm³/mol. The summed E-state index contributed by atoms with van der Waals surface area (Å²) in [6.07, 6.45) is 0.0863. The minimum Gasteiger partial charge on any atom is -0.393 e. The van der Waals surface area contributed by atoms with Crippen molar-refractivity contribution in [1.29, 1.82) is 0 Å². The maximum atomic E-state index is 12.1.